The largest absolute Gasteiger partial charge is 0.339 e. The van der Waals surface area contributed by atoms with E-state index in [0.717, 1.165) is 49.8 Å². The summed E-state index contributed by atoms with van der Waals surface area (Å²) in [6, 6.07) is 10.00. The molecule has 0 aliphatic carbocycles. The van der Waals surface area contributed by atoms with Crippen molar-refractivity contribution >= 4 is 5.95 Å². The van der Waals surface area contributed by atoms with Gasteiger partial charge < -0.3 is 10.2 Å². The predicted octanol–water partition coefficient (Wildman–Crippen LogP) is 1.52. The molecule has 0 amide bonds. The molecule has 0 unspecified atom stereocenters. The van der Waals surface area contributed by atoms with Crippen LogP contribution in [0.5, 0.6) is 0 Å². The van der Waals surface area contributed by atoms with E-state index in [9.17, 15) is 0 Å². The van der Waals surface area contributed by atoms with Crippen LogP contribution in [0.15, 0.2) is 49.1 Å². The van der Waals surface area contributed by atoms with E-state index in [1.54, 1.807) is 12.5 Å². The topological polar surface area (TPSA) is 71.8 Å². The molecule has 2 aromatic heterocycles. The summed E-state index contributed by atoms with van der Waals surface area (Å²) in [5.41, 5.74) is 1.90. The van der Waals surface area contributed by atoms with Crippen LogP contribution in [0, 0.1) is 0 Å². The van der Waals surface area contributed by atoms with Gasteiger partial charge in [-0.05, 0) is 25.1 Å². The first kappa shape index (κ1) is 14.8. The summed E-state index contributed by atoms with van der Waals surface area (Å²) >= 11 is 0. The molecule has 122 valence electrons. The third-order valence-electron chi connectivity index (χ3n) is 4.04. The van der Waals surface area contributed by atoms with Crippen molar-refractivity contribution in [1.29, 1.82) is 0 Å². The number of benzene rings is 1. The minimum Gasteiger partial charge on any atom is -0.339 e. The Morgan fingerprint density at radius 2 is 1.92 bits per heavy atom. The summed E-state index contributed by atoms with van der Waals surface area (Å²) in [7, 11) is 0. The second-order valence-corrected chi connectivity index (χ2v) is 5.71. The Morgan fingerprint density at radius 3 is 2.83 bits per heavy atom. The lowest BCUT2D eigenvalue weighted by Crippen LogP contribution is -2.29. The first-order valence-electron chi connectivity index (χ1n) is 8.15. The zero-order chi connectivity index (χ0) is 16.2. The molecule has 0 bridgehead atoms. The van der Waals surface area contributed by atoms with Gasteiger partial charge in [0.1, 0.15) is 6.33 Å². The fourth-order valence-electron chi connectivity index (χ4n) is 2.79. The van der Waals surface area contributed by atoms with Crippen molar-refractivity contribution in [1.82, 2.24) is 30.0 Å². The quantitative estimate of drug-likeness (QED) is 0.789. The van der Waals surface area contributed by atoms with E-state index in [4.69, 9.17) is 0 Å². The van der Waals surface area contributed by atoms with E-state index in [0.29, 0.717) is 5.82 Å². The second kappa shape index (κ2) is 6.76. The summed E-state index contributed by atoms with van der Waals surface area (Å²) in [6.45, 7) is 3.86. The highest BCUT2D eigenvalue weighted by Crippen LogP contribution is 2.18. The molecule has 3 heterocycles. The Labute approximate surface area is 140 Å². The van der Waals surface area contributed by atoms with Crippen molar-refractivity contribution in [3.05, 3.63) is 49.1 Å². The first-order valence-corrected chi connectivity index (χ1v) is 8.15. The SMILES string of the molecule is c1ccc(-n2cc(-c3ncnc(N4CCCNCC4)n3)cn2)cc1. The van der Waals surface area contributed by atoms with Crippen LogP contribution in [0.4, 0.5) is 5.95 Å². The summed E-state index contributed by atoms with van der Waals surface area (Å²) < 4.78 is 1.83. The lowest BCUT2D eigenvalue weighted by atomic mass is 10.3. The molecular formula is C17H19N7. The maximum atomic E-state index is 4.64. The van der Waals surface area contributed by atoms with Crippen LogP contribution in [0.1, 0.15) is 6.42 Å². The minimum absolute atomic E-state index is 0.652. The number of para-hydroxylation sites is 1. The van der Waals surface area contributed by atoms with Gasteiger partial charge in [0.2, 0.25) is 5.95 Å². The van der Waals surface area contributed by atoms with E-state index in [1.807, 2.05) is 41.2 Å². The van der Waals surface area contributed by atoms with Gasteiger partial charge in [-0.25, -0.2) is 14.6 Å². The van der Waals surface area contributed by atoms with Crippen LogP contribution in [-0.4, -0.2) is 50.9 Å². The maximum absolute atomic E-state index is 4.64. The minimum atomic E-state index is 0.652. The van der Waals surface area contributed by atoms with E-state index in [1.165, 1.54) is 0 Å². The first-order chi connectivity index (χ1) is 11.9. The number of aromatic nitrogens is 5. The van der Waals surface area contributed by atoms with E-state index >= 15 is 0 Å². The van der Waals surface area contributed by atoms with Gasteiger partial charge in [-0.1, -0.05) is 18.2 Å². The molecule has 1 aromatic carbocycles. The Balaban J connectivity index is 1.60. The number of hydrogen-bond donors (Lipinski definition) is 1. The fraction of sp³-hybridized carbons (Fsp3) is 0.294. The summed E-state index contributed by atoms with van der Waals surface area (Å²) in [5.74, 6) is 1.38. The van der Waals surface area contributed by atoms with E-state index in [2.05, 4.69) is 30.3 Å². The lowest BCUT2D eigenvalue weighted by Gasteiger charge is -2.19. The molecule has 1 fully saturated rings. The standard InChI is InChI=1S/C17H19N7/c1-2-5-15(6-3-1)24-12-14(11-21-24)16-19-13-20-17(22-16)23-9-4-7-18-8-10-23/h1-3,5-6,11-13,18H,4,7-10H2. The van der Waals surface area contributed by atoms with Crippen LogP contribution < -0.4 is 10.2 Å². The molecule has 0 saturated carbocycles. The molecule has 0 spiro atoms. The number of rotatable bonds is 3. The van der Waals surface area contributed by atoms with Crippen LogP contribution in [0.3, 0.4) is 0 Å². The molecule has 3 aromatic rings. The fourth-order valence-corrected chi connectivity index (χ4v) is 2.79. The number of hydrogen-bond acceptors (Lipinski definition) is 6. The van der Waals surface area contributed by atoms with Gasteiger partial charge >= 0.3 is 0 Å². The van der Waals surface area contributed by atoms with Crippen molar-refractivity contribution in [3.63, 3.8) is 0 Å². The molecule has 1 aliphatic rings. The molecule has 24 heavy (non-hydrogen) atoms. The van der Waals surface area contributed by atoms with E-state index < -0.39 is 0 Å². The van der Waals surface area contributed by atoms with E-state index in [-0.39, 0.29) is 0 Å². The van der Waals surface area contributed by atoms with Crippen LogP contribution in [-0.2, 0) is 0 Å². The second-order valence-electron chi connectivity index (χ2n) is 5.71. The molecule has 4 rings (SSSR count). The van der Waals surface area contributed by atoms with Crippen molar-refractivity contribution in [2.24, 2.45) is 0 Å². The van der Waals surface area contributed by atoms with Crippen LogP contribution in [0.25, 0.3) is 17.1 Å². The zero-order valence-electron chi connectivity index (χ0n) is 13.3. The highest BCUT2D eigenvalue weighted by Gasteiger charge is 2.14. The molecule has 1 N–H and O–H groups in total. The predicted molar refractivity (Wildman–Crippen MR) is 92.1 cm³/mol. The maximum Gasteiger partial charge on any atom is 0.228 e. The molecule has 0 radical (unpaired) electrons. The molecule has 1 aliphatic heterocycles. The van der Waals surface area contributed by atoms with Crippen molar-refractivity contribution in [2.45, 2.75) is 6.42 Å². The summed E-state index contributed by atoms with van der Waals surface area (Å²) in [4.78, 5) is 15.5. The van der Waals surface area contributed by atoms with Crippen molar-refractivity contribution in [3.8, 4) is 17.1 Å². The average molecular weight is 321 g/mol. The molecule has 7 nitrogen and oxygen atoms in total. The Kier molecular flexibility index (Phi) is 4.16. The van der Waals surface area contributed by atoms with Gasteiger partial charge in [0, 0.05) is 25.8 Å². The molecular weight excluding hydrogens is 302 g/mol. The van der Waals surface area contributed by atoms with Crippen LogP contribution >= 0.6 is 0 Å². The average Bonchev–Trinajstić information content (AvgIpc) is 2.98. The highest BCUT2D eigenvalue weighted by molar-refractivity contribution is 5.54. The van der Waals surface area contributed by atoms with Gasteiger partial charge in [-0.15, -0.1) is 0 Å². The lowest BCUT2D eigenvalue weighted by molar-refractivity contribution is 0.724. The smallest absolute Gasteiger partial charge is 0.228 e. The van der Waals surface area contributed by atoms with Gasteiger partial charge in [0.15, 0.2) is 5.82 Å². The normalized spacial score (nSPS) is 15.2. The Hall–Kier alpha value is -2.80. The Bertz CT molecular complexity index is 791. The monoisotopic (exact) mass is 321 g/mol. The van der Waals surface area contributed by atoms with Crippen molar-refractivity contribution < 1.29 is 0 Å². The number of nitrogens with zero attached hydrogens (tertiary/aromatic N) is 6. The zero-order valence-corrected chi connectivity index (χ0v) is 13.3. The van der Waals surface area contributed by atoms with Crippen molar-refractivity contribution in [2.75, 3.05) is 31.1 Å². The number of anilines is 1. The summed E-state index contributed by atoms with van der Waals surface area (Å²) in [6.07, 6.45) is 6.40. The van der Waals surface area contributed by atoms with Gasteiger partial charge in [-0.2, -0.15) is 10.1 Å². The number of nitrogens with one attached hydrogen (secondary N) is 1. The highest BCUT2D eigenvalue weighted by atomic mass is 15.3. The Morgan fingerprint density at radius 1 is 1.00 bits per heavy atom. The third-order valence-corrected chi connectivity index (χ3v) is 4.04. The van der Waals surface area contributed by atoms with Gasteiger partial charge in [0.05, 0.1) is 17.4 Å². The third kappa shape index (κ3) is 3.11. The molecule has 1 saturated heterocycles. The molecule has 7 heteroatoms. The van der Waals surface area contributed by atoms with Crippen LogP contribution in [0.2, 0.25) is 0 Å². The summed E-state index contributed by atoms with van der Waals surface area (Å²) in [5, 5.41) is 7.80. The molecule has 0 atom stereocenters. The van der Waals surface area contributed by atoms with Gasteiger partial charge in [0.25, 0.3) is 0 Å². The van der Waals surface area contributed by atoms with Gasteiger partial charge in [-0.3, -0.25) is 0 Å².